The van der Waals surface area contributed by atoms with Gasteiger partial charge in [0.05, 0.1) is 5.69 Å². The summed E-state index contributed by atoms with van der Waals surface area (Å²) >= 11 is 0. The highest BCUT2D eigenvalue weighted by atomic mass is 16.5. The SMILES string of the molecule is CCC(=C(c1ccccc1)c1ccc(Oc2ccccc2N)cc1)c1ccccc1. The maximum absolute atomic E-state index is 6.01. The van der Waals surface area contributed by atoms with Gasteiger partial charge in [-0.3, -0.25) is 0 Å². The molecule has 2 nitrogen and oxygen atoms in total. The fraction of sp³-hybridized carbons (Fsp3) is 0.0714. The van der Waals surface area contributed by atoms with Crippen molar-refractivity contribution in [2.75, 3.05) is 5.73 Å². The first-order chi connectivity index (χ1) is 14.8. The molecule has 0 unspecified atom stereocenters. The molecule has 0 aliphatic rings. The van der Waals surface area contributed by atoms with Crippen LogP contribution >= 0.6 is 0 Å². The maximum Gasteiger partial charge on any atom is 0.150 e. The second-order valence-corrected chi connectivity index (χ2v) is 7.10. The van der Waals surface area contributed by atoms with Crippen LogP contribution in [0.2, 0.25) is 0 Å². The lowest BCUT2D eigenvalue weighted by atomic mass is 9.88. The largest absolute Gasteiger partial charge is 0.455 e. The Morgan fingerprint density at radius 3 is 1.77 bits per heavy atom. The number of ether oxygens (including phenoxy) is 1. The molecule has 4 rings (SSSR count). The van der Waals surface area contributed by atoms with E-state index in [0.717, 1.165) is 17.7 Å². The van der Waals surface area contributed by atoms with E-state index in [-0.39, 0.29) is 0 Å². The summed E-state index contributed by atoms with van der Waals surface area (Å²) in [5, 5.41) is 0. The molecule has 2 heteroatoms. The first-order valence-corrected chi connectivity index (χ1v) is 10.2. The molecule has 0 amide bonds. The van der Waals surface area contributed by atoms with Gasteiger partial charge in [-0.25, -0.2) is 0 Å². The molecule has 0 radical (unpaired) electrons. The summed E-state index contributed by atoms with van der Waals surface area (Å²) < 4.78 is 5.98. The summed E-state index contributed by atoms with van der Waals surface area (Å²) in [7, 11) is 0. The van der Waals surface area contributed by atoms with Crippen molar-refractivity contribution in [1.29, 1.82) is 0 Å². The quantitative estimate of drug-likeness (QED) is 0.274. The maximum atomic E-state index is 6.01. The minimum atomic E-state index is 0.629. The van der Waals surface area contributed by atoms with Crippen LogP contribution in [0.15, 0.2) is 109 Å². The highest BCUT2D eigenvalue weighted by Gasteiger charge is 2.13. The molecule has 0 saturated heterocycles. The van der Waals surface area contributed by atoms with Gasteiger partial charge in [0.25, 0.3) is 0 Å². The molecular weight excluding hydrogens is 366 g/mol. The van der Waals surface area contributed by atoms with Crippen molar-refractivity contribution >= 4 is 16.8 Å². The number of hydrogen-bond acceptors (Lipinski definition) is 2. The number of rotatable bonds is 6. The fourth-order valence-corrected chi connectivity index (χ4v) is 3.67. The van der Waals surface area contributed by atoms with E-state index in [2.05, 4.69) is 79.7 Å². The van der Waals surface area contributed by atoms with Crippen LogP contribution in [0.5, 0.6) is 11.5 Å². The van der Waals surface area contributed by atoms with Gasteiger partial charge >= 0.3 is 0 Å². The van der Waals surface area contributed by atoms with Gasteiger partial charge < -0.3 is 10.5 Å². The number of benzene rings is 4. The summed E-state index contributed by atoms with van der Waals surface area (Å²) in [6, 6.07) is 36.9. The second-order valence-electron chi connectivity index (χ2n) is 7.10. The summed E-state index contributed by atoms with van der Waals surface area (Å²) in [5.74, 6) is 1.43. The van der Waals surface area contributed by atoms with Crippen LogP contribution in [0.1, 0.15) is 30.0 Å². The molecule has 30 heavy (non-hydrogen) atoms. The molecular formula is C28H25NO. The molecule has 0 bridgehead atoms. The summed E-state index contributed by atoms with van der Waals surface area (Å²) in [6.07, 6.45) is 0.938. The fourth-order valence-electron chi connectivity index (χ4n) is 3.67. The van der Waals surface area contributed by atoms with E-state index in [1.807, 2.05) is 36.4 Å². The first kappa shape index (κ1) is 19.5. The molecule has 0 spiro atoms. The molecule has 148 valence electrons. The van der Waals surface area contributed by atoms with E-state index in [0.29, 0.717) is 11.4 Å². The van der Waals surface area contributed by atoms with Gasteiger partial charge in [-0.05, 0) is 58.5 Å². The second kappa shape index (κ2) is 9.15. The molecule has 0 aliphatic heterocycles. The van der Waals surface area contributed by atoms with Gasteiger partial charge in [0.1, 0.15) is 11.5 Å². The average Bonchev–Trinajstić information content (AvgIpc) is 2.81. The number of para-hydroxylation sites is 2. The standard InChI is InChI=1S/C28H25NO/c1-2-25(21-11-5-3-6-12-21)28(22-13-7-4-8-14-22)23-17-19-24(20-18-23)30-27-16-10-9-15-26(27)29/h3-20H,2,29H2,1H3. The van der Waals surface area contributed by atoms with E-state index >= 15 is 0 Å². The minimum Gasteiger partial charge on any atom is -0.455 e. The van der Waals surface area contributed by atoms with Crippen molar-refractivity contribution < 1.29 is 4.74 Å². The van der Waals surface area contributed by atoms with E-state index in [1.54, 1.807) is 0 Å². The molecule has 4 aromatic carbocycles. The van der Waals surface area contributed by atoms with Gasteiger partial charge in [-0.1, -0.05) is 91.9 Å². The third kappa shape index (κ3) is 4.28. The Labute approximate surface area is 178 Å². The van der Waals surface area contributed by atoms with Crippen LogP contribution < -0.4 is 10.5 Å². The number of allylic oxidation sites excluding steroid dienone is 1. The number of hydrogen-bond donors (Lipinski definition) is 1. The van der Waals surface area contributed by atoms with Crippen molar-refractivity contribution in [3.8, 4) is 11.5 Å². The van der Waals surface area contributed by atoms with E-state index < -0.39 is 0 Å². The summed E-state index contributed by atoms with van der Waals surface area (Å²) in [5.41, 5.74) is 12.8. The van der Waals surface area contributed by atoms with Gasteiger partial charge in [-0.15, -0.1) is 0 Å². The van der Waals surface area contributed by atoms with E-state index in [1.165, 1.54) is 22.3 Å². The Balaban J connectivity index is 1.77. The molecule has 0 fully saturated rings. The minimum absolute atomic E-state index is 0.629. The highest BCUT2D eigenvalue weighted by molar-refractivity contribution is 5.98. The molecule has 0 heterocycles. The molecule has 4 aromatic rings. The Hall–Kier alpha value is -3.78. The summed E-state index contributed by atoms with van der Waals surface area (Å²) in [4.78, 5) is 0. The topological polar surface area (TPSA) is 35.2 Å². The Morgan fingerprint density at radius 2 is 1.17 bits per heavy atom. The van der Waals surface area contributed by atoms with Crippen LogP contribution in [0, 0.1) is 0 Å². The molecule has 0 aromatic heterocycles. The zero-order valence-corrected chi connectivity index (χ0v) is 17.1. The van der Waals surface area contributed by atoms with E-state index in [9.17, 15) is 0 Å². The first-order valence-electron chi connectivity index (χ1n) is 10.2. The van der Waals surface area contributed by atoms with Gasteiger partial charge in [-0.2, -0.15) is 0 Å². The molecule has 0 aliphatic carbocycles. The average molecular weight is 392 g/mol. The number of nitrogens with two attached hydrogens (primary N) is 1. The Morgan fingerprint density at radius 1 is 0.633 bits per heavy atom. The van der Waals surface area contributed by atoms with Gasteiger partial charge in [0.15, 0.2) is 0 Å². The van der Waals surface area contributed by atoms with Crippen LogP contribution in [0.25, 0.3) is 11.1 Å². The highest BCUT2D eigenvalue weighted by Crippen LogP contribution is 2.35. The third-order valence-electron chi connectivity index (χ3n) is 5.13. The zero-order valence-electron chi connectivity index (χ0n) is 17.1. The van der Waals surface area contributed by atoms with Crippen molar-refractivity contribution in [2.24, 2.45) is 0 Å². The molecule has 0 saturated carbocycles. The van der Waals surface area contributed by atoms with Crippen LogP contribution in [-0.2, 0) is 0 Å². The third-order valence-corrected chi connectivity index (χ3v) is 5.13. The lowest BCUT2D eigenvalue weighted by molar-refractivity contribution is 0.485. The Kier molecular flexibility index (Phi) is 5.95. The number of nitrogen functional groups attached to an aromatic ring is 1. The normalized spacial score (nSPS) is 11.6. The van der Waals surface area contributed by atoms with Gasteiger partial charge in [0, 0.05) is 0 Å². The van der Waals surface area contributed by atoms with E-state index in [4.69, 9.17) is 10.5 Å². The molecule has 0 atom stereocenters. The van der Waals surface area contributed by atoms with Crippen molar-refractivity contribution in [3.63, 3.8) is 0 Å². The zero-order chi connectivity index (χ0) is 20.8. The van der Waals surface area contributed by atoms with Crippen LogP contribution in [0.3, 0.4) is 0 Å². The smallest absolute Gasteiger partial charge is 0.150 e. The lowest BCUT2D eigenvalue weighted by Crippen LogP contribution is -1.95. The number of anilines is 1. The molecule has 2 N–H and O–H groups in total. The summed E-state index contributed by atoms with van der Waals surface area (Å²) in [6.45, 7) is 2.21. The van der Waals surface area contributed by atoms with Crippen molar-refractivity contribution in [1.82, 2.24) is 0 Å². The monoisotopic (exact) mass is 391 g/mol. The van der Waals surface area contributed by atoms with Crippen LogP contribution in [0.4, 0.5) is 5.69 Å². The van der Waals surface area contributed by atoms with Gasteiger partial charge in [0.2, 0.25) is 0 Å². The lowest BCUT2D eigenvalue weighted by Gasteiger charge is -2.17. The predicted molar refractivity (Wildman–Crippen MR) is 126 cm³/mol. The predicted octanol–water partition coefficient (Wildman–Crippen LogP) is 7.43. The van der Waals surface area contributed by atoms with Crippen molar-refractivity contribution in [3.05, 3.63) is 126 Å². The van der Waals surface area contributed by atoms with Crippen molar-refractivity contribution in [2.45, 2.75) is 13.3 Å². The van der Waals surface area contributed by atoms with Crippen LogP contribution in [-0.4, -0.2) is 0 Å². The Bertz CT molecular complexity index is 1130.